The molecule has 0 spiro atoms. The number of hydrogen-bond acceptors (Lipinski definition) is 3. The van der Waals surface area contributed by atoms with E-state index in [0.717, 1.165) is 17.6 Å². The fraction of sp³-hybridized carbons (Fsp3) is 0.429. The molecule has 1 saturated carbocycles. The fourth-order valence-electron chi connectivity index (χ4n) is 14.2. The van der Waals surface area contributed by atoms with Gasteiger partial charge in [0.1, 0.15) is 11.2 Å². The zero-order valence-electron chi connectivity index (χ0n) is 42.8. The molecule has 2 aliphatic heterocycles. The molecule has 0 atom stereocenters. The Bertz CT molecular complexity index is 3230. The van der Waals surface area contributed by atoms with Gasteiger partial charge in [0.2, 0.25) is 0 Å². The minimum absolute atomic E-state index is 0.00869. The van der Waals surface area contributed by atoms with Crippen molar-refractivity contribution in [1.29, 1.82) is 0 Å². The van der Waals surface area contributed by atoms with Crippen LogP contribution in [0.1, 0.15) is 178 Å². The van der Waals surface area contributed by atoms with E-state index < -0.39 is 0 Å². The number of anilines is 6. The second-order valence-corrected chi connectivity index (χ2v) is 25.5. The van der Waals surface area contributed by atoms with Crippen molar-refractivity contribution < 1.29 is 4.42 Å². The summed E-state index contributed by atoms with van der Waals surface area (Å²) in [5.41, 5.74) is 25.8. The molecule has 67 heavy (non-hydrogen) atoms. The number of para-hydroxylation sites is 1. The monoisotopic (exact) mass is 883 g/mol. The van der Waals surface area contributed by atoms with Crippen LogP contribution in [0.3, 0.4) is 0 Å². The Morgan fingerprint density at radius 1 is 0.552 bits per heavy atom. The Balaban J connectivity index is 1.25. The first kappa shape index (κ1) is 43.1. The molecule has 4 heteroatoms. The van der Waals surface area contributed by atoms with E-state index in [2.05, 4.69) is 191 Å². The molecule has 7 aromatic rings. The van der Waals surface area contributed by atoms with Crippen molar-refractivity contribution in [2.24, 2.45) is 0 Å². The summed E-state index contributed by atoms with van der Waals surface area (Å²) in [6.45, 7) is 31.6. The van der Waals surface area contributed by atoms with Gasteiger partial charge >= 0.3 is 0 Å². The van der Waals surface area contributed by atoms with Gasteiger partial charge in [-0.15, -0.1) is 0 Å². The van der Waals surface area contributed by atoms with E-state index in [1.165, 1.54) is 151 Å². The summed E-state index contributed by atoms with van der Waals surface area (Å²) in [4.78, 5) is 5.48. The molecule has 0 saturated heterocycles. The number of benzene rings is 6. The summed E-state index contributed by atoms with van der Waals surface area (Å²) < 4.78 is 6.92. The highest BCUT2D eigenvalue weighted by Gasteiger charge is 2.50. The lowest BCUT2D eigenvalue weighted by Gasteiger charge is -2.47. The number of hydrogen-bond donors (Lipinski definition) is 0. The molecule has 342 valence electrons. The molecule has 3 nitrogen and oxygen atoms in total. The highest BCUT2D eigenvalue weighted by atomic mass is 16.3. The average Bonchev–Trinajstić information content (AvgIpc) is 3.74. The normalized spacial score (nSPS) is 19.9. The van der Waals surface area contributed by atoms with Gasteiger partial charge in [0.15, 0.2) is 0 Å². The molecule has 0 unspecified atom stereocenters. The lowest BCUT2D eigenvalue weighted by molar-refractivity contribution is 0.332. The third kappa shape index (κ3) is 6.29. The smallest absolute Gasteiger partial charge is 0.252 e. The van der Waals surface area contributed by atoms with Crippen LogP contribution in [0.5, 0.6) is 0 Å². The summed E-state index contributed by atoms with van der Waals surface area (Å²) in [6.07, 6.45) is 9.92. The maximum atomic E-state index is 6.92. The van der Waals surface area contributed by atoms with E-state index in [1.807, 2.05) is 0 Å². The van der Waals surface area contributed by atoms with Gasteiger partial charge in [0.05, 0.1) is 11.1 Å². The highest BCUT2D eigenvalue weighted by molar-refractivity contribution is 7.00. The Hall–Kier alpha value is -5.22. The zero-order chi connectivity index (χ0) is 46.9. The van der Waals surface area contributed by atoms with Crippen molar-refractivity contribution in [1.82, 2.24) is 0 Å². The lowest BCUT2D eigenvalue weighted by atomic mass is 9.33. The molecule has 1 fully saturated rings. The molecule has 5 aliphatic rings. The van der Waals surface area contributed by atoms with Gasteiger partial charge in [-0.25, -0.2) is 0 Å². The Morgan fingerprint density at radius 2 is 1.16 bits per heavy atom. The molecule has 6 aromatic carbocycles. The molecule has 3 aliphatic carbocycles. The maximum Gasteiger partial charge on any atom is 0.252 e. The third-order valence-electron chi connectivity index (χ3n) is 17.9. The van der Waals surface area contributed by atoms with Gasteiger partial charge in [0, 0.05) is 33.8 Å². The van der Waals surface area contributed by atoms with Gasteiger partial charge in [-0.1, -0.05) is 138 Å². The van der Waals surface area contributed by atoms with E-state index in [-0.39, 0.29) is 33.8 Å². The molecule has 12 rings (SSSR count). The van der Waals surface area contributed by atoms with Crippen molar-refractivity contribution in [2.45, 2.75) is 174 Å². The van der Waals surface area contributed by atoms with Crippen LogP contribution >= 0.6 is 0 Å². The Kier molecular flexibility index (Phi) is 9.12. The van der Waals surface area contributed by atoms with Crippen LogP contribution in [0.15, 0.2) is 95.4 Å². The molecule has 0 N–H and O–H groups in total. The van der Waals surface area contributed by atoms with Crippen molar-refractivity contribution in [3.63, 3.8) is 0 Å². The standard InChI is InChI=1S/C63H71BN2O/c1-37-19-17-18-22-49(37)66-53-31-40(39-20-15-14-16-21-39)30-52-57(53)64(47-24-26-55-56(58(47)66)42-32-41(59(3,4)5)23-25-54(42)67-55)48-33-44-46(63(12,13)36-62(44,10)11)35-51(48)65(52)50-34-45-43(29-38(50)2)60(6,7)27-28-61(45,8)9/h17-19,22-26,29-35,39H,14-16,20-21,27-28,36H2,1-13H3. The van der Waals surface area contributed by atoms with Gasteiger partial charge in [-0.3, -0.25) is 0 Å². The summed E-state index contributed by atoms with van der Waals surface area (Å²) in [5, 5.41) is 2.42. The van der Waals surface area contributed by atoms with Crippen LogP contribution in [0, 0.1) is 13.8 Å². The number of nitrogens with zero attached hydrogens (tertiary/aromatic N) is 2. The third-order valence-corrected chi connectivity index (χ3v) is 17.9. The lowest BCUT2D eigenvalue weighted by Crippen LogP contribution is -2.61. The number of furan rings is 1. The van der Waals surface area contributed by atoms with Crippen LogP contribution in [0.4, 0.5) is 34.1 Å². The summed E-state index contributed by atoms with van der Waals surface area (Å²) in [6, 6.07) is 36.8. The van der Waals surface area contributed by atoms with Crippen molar-refractivity contribution >= 4 is 79.2 Å². The molecular weight excluding hydrogens is 812 g/mol. The van der Waals surface area contributed by atoms with Crippen molar-refractivity contribution in [2.75, 3.05) is 9.80 Å². The van der Waals surface area contributed by atoms with Crippen LogP contribution in [-0.4, -0.2) is 6.71 Å². The highest BCUT2D eigenvalue weighted by Crippen LogP contribution is 2.56. The quantitative estimate of drug-likeness (QED) is 0.165. The minimum Gasteiger partial charge on any atom is -0.456 e. The second-order valence-electron chi connectivity index (χ2n) is 25.5. The van der Waals surface area contributed by atoms with Gasteiger partial charge in [-0.2, -0.15) is 0 Å². The van der Waals surface area contributed by atoms with Gasteiger partial charge in [0.25, 0.3) is 6.71 Å². The largest absolute Gasteiger partial charge is 0.456 e. The van der Waals surface area contributed by atoms with Crippen LogP contribution in [0.2, 0.25) is 0 Å². The maximum absolute atomic E-state index is 6.92. The van der Waals surface area contributed by atoms with E-state index in [0.29, 0.717) is 5.92 Å². The predicted octanol–water partition coefficient (Wildman–Crippen LogP) is 15.9. The predicted molar refractivity (Wildman–Crippen MR) is 288 cm³/mol. The SMILES string of the molecule is Cc1cc2c(cc1N1c3cc4c(cc3B3c5ccc6oc7ccc(C(C)(C)C)cc7c6c5N(c5ccccc5C)c5cc(C6CCCCC6)cc1c53)C(C)(C)CC4(C)C)C(C)(C)CCC2(C)C. The first-order valence-electron chi connectivity index (χ1n) is 25.8. The number of aryl methyl sites for hydroxylation is 2. The van der Waals surface area contributed by atoms with Gasteiger partial charge < -0.3 is 14.2 Å². The van der Waals surface area contributed by atoms with E-state index in [9.17, 15) is 0 Å². The summed E-state index contributed by atoms with van der Waals surface area (Å²) >= 11 is 0. The molecular formula is C63H71BN2O. The number of rotatable bonds is 3. The topological polar surface area (TPSA) is 19.6 Å². The summed E-state index contributed by atoms with van der Waals surface area (Å²) in [5.74, 6) is 0.515. The number of fused-ring (bicyclic) bond motifs is 10. The van der Waals surface area contributed by atoms with E-state index in [1.54, 1.807) is 0 Å². The zero-order valence-corrected chi connectivity index (χ0v) is 42.8. The van der Waals surface area contributed by atoms with Crippen LogP contribution in [0.25, 0.3) is 21.9 Å². The first-order chi connectivity index (χ1) is 31.6. The van der Waals surface area contributed by atoms with Gasteiger partial charge in [-0.05, 0) is 188 Å². The minimum atomic E-state index is -0.00869. The molecule has 0 amide bonds. The second kappa shape index (κ2) is 14.2. The van der Waals surface area contributed by atoms with E-state index >= 15 is 0 Å². The first-order valence-corrected chi connectivity index (χ1v) is 25.8. The molecule has 1 aromatic heterocycles. The molecule has 3 heterocycles. The van der Waals surface area contributed by atoms with Crippen molar-refractivity contribution in [3.05, 3.63) is 136 Å². The Morgan fingerprint density at radius 3 is 1.85 bits per heavy atom. The van der Waals surface area contributed by atoms with Crippen LogP contribution < -0.4 is 26.2 Å². The average molecular weight is 883 g/mol. The molecule has 0 bridgehead atoms. The van der Waals surface area contributed by atoms with Crippen molar-refractivity contribution in [3.8, 4) is 0 Å². The fourth-order valence-corrected chi connectivity index (χ4v) is 14.2. The summed E-state index contributed by atoms with van der Waals surface area (Å²) in [7, 11) is 0. The Labute approximate surface area is 401 Å². The molecule has 0 radical (unpaired) electrons. The van der Waals surface area contributed by atoms with E-state index in [4.69, 9.17) is 4.42 Å². The van der Waals surface area contributed by atoms with Crippen LogP contribution in [-0.2, 0) is 27.1 Å².